The number of thiophene rings is 1. The molecule has 2 aromatic rings. The van der Waals surface area contributed by atoms with Crippen molar-refractivity contribution in [3.8, 4) is 0 Å². The highest BCUT2D eigenvalue weighted by Gasteiger charge is 2.15. The number of carboxylic acid groups (broad SMARTS) is 1. The van der Waals surface area contributed by atoms with Gasteiger partial charge in [-0.25, -0.2) is 9.59 Å². The number of carboxylic acids is 1. The third-order valence-corrected chi connectivity index (χ3v) is 3.87. The summed E-state index contributed by atoms with van der Waals surface area (Å²) in [5, 5.41) is 13.9. The molecule has 1 aromatic carbocycles. The fourth-order valence-electron chi connectivity index (χ4n) is 1.72. The standard InChI is InChI=1S/C14H13ClN2O3S/c1-17(8-10-3-2-6-21-10)14(20)16-12-5-4-9(15)7-11(12)13(18)19/h2-7H,8H2,1H3,(H,16,20)(H,18,19). The number of nitrogens with one attached hydrogen (secondary N) is 1. The minimum absolute atomic E-state index is 0.0413. The molecule has 1 heterocycles. The lowest BCUT2D eigenvalue weighted by atomic mass is 10.2. The van der Waals surface area contributed by atoms with Crippen LogP contribution >= 0.6 is 22.9 Å². The molecule has 0 saturated heterocycles. The van der Waals surface area contributed by atoms with E-state index < -0.39 is 5.97 Å². The molecule has 0 saturated carbocycles. The van der Waals surface area contributed by atoms with Crippen LogP contribution in [-0.2, 0) is 6.54 Å². The molecule has 21 heavy (non-hydrogen) atoms. The van der Waals surface area contributed by atoms with Crippen LogP contribution in [0.25, 0.3) is 0 Å². The maximum Gasteiger partial charge on any atom is 0.337 e. The maximum atomic E-state index is 12.1. The van der Waals surface area contributed by atoms with Gasteiger partial charge in [0.1, 0.15) is 0 Å². The predicted molar refractivity (Wildman–Crippen MR) is 83.2 cm³/mol. The third-order valence-electron chi connectivity index (χ3n) is 2.77. The Hall–Kier alpha value is -2.05. The van der Waals surface area contributed by atoms with Crippen molar-refractivity contribution in [2.75, 3.05) is 12.4 Å². The normalized spacial score (nSPS) is 10.2. The van der Waals surface area contributed by atoms with Crippen LogP contribution in [0.3, 0.4) is 0 Å². The molecule has 5 nitrogen and oxygen atoms in total. The first-order valence-electron chi connectivity index (χ1n) is 6.04. The Balaban J connectivity index is 2.10. The molecule has 2 N–H and O–H groups in total. The highest BCUT2D eigenvalue weighted by Crippen LogP contribution is 2.21. The zero-order valence-electron chi connectivity index (χ0n) is 11.2. The number of hydrogen-bond donors (Lipinski definition) is 2. The lowest BCUT2D eigenvalue weighted by molar-refractivity contribution is 0.0698. The third kappa shape index (κ3) is 3.96. The SMILES string of the molecule is CN(Cc1cccs1)C(=O)Nc1ccc(Cl)cc1C(=O)O. The molecule has 0 atom stereocenters. The molecule has 2 amide bonds. The van der Waals surface area contributed by atoms with Gasteiger partial charge in [0.15, 0.2) is 0 Å². The molecular formula is C14H13ClN2O3S. The molecule has 0 bridgehead atoms. The first kappa shape index (κ1) is 15.3. The summed E-state index contributed by atoms with van der Waals surface area (Å²) in [6.07, 6.45) is 0. The Morgan fingerprint density at radius 3 is 2.76 bits per heavy atom. The molecule has 110 valence electrons. The van der Waals surface area contributed by atoms with E-state index in [2.05, 4.69) is 5.32 Å². The number of amides is 2. The number of carbonyl (C=O) groups is 2. The van der Waals surface area contributed by atoms with Gasteiger partial charge in [-0.05, 0) is 29.6 Å². The molecule has 0 aliphatic rings. The lowest BCUT2D eigenvalue weighted by Crippen LogP contribution is -2.31. The van der Waals surface area contributed by atoms with E-state index in [0.29, 0.717) is 11.6 Å². The molecule has 0 unspecified atom stereocenters. The van der Waals surface area contributed by atoms with Gasteiger partial charge in [0.25, 0.3) is 0 Å². The summed E-state index contributed by atoms with van der Waals surface area (Å²) in [4.78, 5) is 25.8. The number of anilines is 1. The number of aromatic carboxylic acids is 1. The molecule has 1 aromatic heterocycles. The van der Waals surface area contributed by atoms with Crippen LogP contribution in [0, 0.1) is 0 Å². The summed E-state index contributed by atoms with van der Waals surface area (Å²) < 4.78 is 0. The van der Waals surface area contributed by atoms with Crippen LogP contribution < -0.4 is 5.32 Å². The number of halogens is 1. The Kier molecular flexibility index (Phi) is 4.82. The van der Waals surface area contributed by atoms with E-state index in [1.807, 2.05) is 17.5 Å². The summed E-state index contributed by atoms with van der Waals surface area (Å²) in [6.45, 7) is 0.458. The summed E-state index contributed by atoms with van der Waals surface area (Å²) in [6, 6.07) is 7.77. The van der Waals surface area contributed by atoms with Gasteiger partial charge in [-0.15, -0.1) is 11.3 Å². The second kappa shape index (κ2) is 6.60. The van der Waals surface area contributed by atoms with Crippen LogP contribution in [0.15, 0.2) is 35.7 Å². The zero-order chi connectivity index (χ0) is 15.4. The summed E-state index contributed by atoms with van der Waals surface area (Å²) >= 11 is 7.32. The van der Waals surface area contributed by atoms with Crippen molar-refractivity contribution in [3.05, 3.63) is 51.2 Å². The fourth-order valence-corrected chi connectivity index (χ4v) is 2.65. The van der Waals surface area contributed by atoms with Crippen LogP contribution in [-0.4, -0.2) is 29.1 Å². The van der Waals surface area contributed by atoms with Crippen molar-refractivity contribution in [2.24, 2.45) is 0 Å². The number of benzene rings is 1. The minimum atomic E-state index is -1.14. The molecule has 0 spiro atoms. The van der Waals surface area contributed by atoms with Gasteiger partial charge < -0.3 is 15.3 Å². The van der Waals surface area contributed by atoms with E-state index in [1.54, 1.807) is 18.4 Å². The van der Waals surface area contributed by atoms with Crippen molar-refractivity contribution < 1.29 is 14.7 Å². The van der Waals surface area contributed by atoms with Gasteiger partial charge in [0.05, 0.1) is 17.8 Å². The van der Waals surface area contributed by atoms with Gasteiger partial charge in [-0.2, -0.15) is 0 Å². The van der Waals surface area contributed by atoms with Crippen LogP contribution in [0.2, 0.25) is 5.02 Å². The quantitative estimate of drug-likeness (QED) is 0.899. The van der Waals surface area contributed by atoms with Gasteiger partial charge in [0, 0.05) is 16.9 Å². The molecular weight excluding hydrogens is 312 g/mol. The number of carbonyl (C=O) groups excluding carboxylic acids is 1. The summed E-state index contributed by atoms with van der Waals surface area (Å²) in [5.41, 5.74) is 0.176. The van der Waals surface area contributed by atoms with E-state index in [4.69, 9.17) is 16.7 Å². The highest BCUT2D eigenvalue weighted by atomic mass is 35.5. The van der Waals surface area contributed by atoms with Crippen LogP contribution in [0.4, 0.5) is 10.5 Å². The second-order valence-electron chi connectivity index (χ2n) is 4.36. The van der Waals surface area contributed by atoms with Crippen molar-refractivity contribution in [1.29, 1.82) is 0 Å². The predicted octanol–water partition coefficient (Wildman–Crippen LogP) is 3.76. The number of rotatable bonds is 4. The van der Waals surface area contributed by atoms with E-state index in [-0.39, 0.29) is 17.3 Å². The Morgan fingerprint density at radius 2 is 2.14 bits per heavy atom. The van der Waals surface area contributed by atoms with Gasteiger partial charge >= 0.3 is 12.0 Å². The Morgan fingerprint density at radius 1 is 1.38 bits per heavy atom. The van der Waals surface area contributed by atoms with Crippen molar-refractivity contribution in [2.45, 2.75) is 6.54 Å². The van der Waals surface area contributed by atoms with Crippen molar-refractivity contribution in [3.63, 3.8) is 0 Å². The summed E-state index contributed by atoms with van der Waals surface area (Å²) in [7, 11) is 1.64. The maximum absolute atomic E-state index is 12.1. The number of urea groups is 1. The largest absolute Gasteiger partial charge is 0.478 e. The van der Waals surface area contributed by atoms with Crippen LogP contribution in [0.5, 0.6) is 0 Å². The Labute approximate surface area is 130 Å². The first-order valence-corrected chi connectivity index (χ1v) is 7.30. The molecule has 0 radical (unpaired) electrons. The smallest absolute Gasteiger partial charge is 0.337 e. The topological polar surface area (TPSA) is 69.6 Å². The molecule has 0 aliphatic carbocycles. The Bertz CT molecular complexity index is 658. The average molecular weight is 325 g/mol. The lowest BCUT2D eigenvalue weighted by Gasteiger charge is -2.18. The van der Waals surface area contributed by atoms with Crippen LogP contribution in [0.1, 0.15) is 15.2 Å². The van der Waals surface area contributed by atoms with E-state index in [0.717, 1.165) is 4.88 Å². The highest BCUT2D eigenvalue weighted by molar-refractivity contribution is 7.09. The average Bonchev–Trinajstić information content (AvgIpc) is 2.93. The van der Waals surface area contributed by atoms with Gasteiger partial charge in [0.2, 0.25) is 0 Å². The van der Waals surface area contributed by atoms with Gasteiger partial charge in [-0.3, -0.25) is 0 Å². The molecule has 0 fully saturated rings. The van der Waals surface area contributed by atoms with E-state index in [1.165, 1.54) is 23.1 Å². The zero-order valence-corrected chi connectivity index (χ0v) is 12.7. The van der Waals surface area contributed by atoms with E-state index >= 15 is 0 Å². The number of nitrogens with zero attached hydrogens (tertiary/aromatic N) is 1. The molecule has 7 heteroatoms. The summed E-state index contributed by atoms with van der Waals surface area (Å²) in [5.74, 6) is -1.14. The molecule has 0 aliphatic heterocycles. The second-order valence-corrected chi connectivity index (χ2v) is 5.83. The van der Waals surface area contributed by atoms with Crippen molar-refractivity contribution >= 4 is 40.6 Å². The minimum Gasteiger partial charge on any atom is -0.478 e. The molecule has 2 rings (SSSR count). The van der Waals surface area contributed by atoms with Crippen molar-refractivity contribution in [1.82, 2.24) is 4.90 Å². The fraction of sp³-hybridized carbons (Fsp3) is 0.143. The first-order chi connectivity index (χ1) is 9.97. The van der Waals surface area contributed by atoms with Gasteiger partial charge in [-0.1, -0.05) is 17.7 Å². The number of hydrogen-bond acceptors (Lipinski definition) is 3. The monoisotopic (exact) mass is 324 g/mol. The van der Waals surface area contributed by atoms with E-state index in [9.17, 15) is 9.59 Å².